The highest BCUT2D eigenvalue weighted by Gasteiger charge is 2.19. The zero-order valence-corrected chi connectivity index (χ0v) is 18.8. The van der Waals surface area contributed by atoms with Crippen molar-refractivity contribution in [2.24, 2.45) is 5.92 Å². The topological polar surface area (TPSA) is 101 Å². The van der Waals surface area contributed by atoms with Crippen molar-refractivity contribution in [3.63, 3.8) is 0 Å². The van der Waals surface area contributed by atoms with Crippen molar-refractivity contribution < 1.29 is 22.6 Å². The number of hydrogen-bond donors (Lipinski definition) is 2. The molecule has 0 heterocycles. The van der Waals surface area contributed by atoms with Gasteiger partial charge in [0.15, 0.2) is 0 Å². The third kappa shape index (κ3) is 9.74. The third-order valence-corrected chi connectivity index (χ3v) is 6.14. The van der Waals surface area contributed by atoms with E-state index in [1.807, 2.05) is 6.92 Å². The minimum absolute atomic E-state index is 0.00495. The average Bonchev–Trinajstić information content (AvgIpc) is 2.66. The van der Waals surface area contributed by atoms with Gasteiger partial charge >= 0.3 is 0 Å². The van der Waals surface area contributed by atoms with Gasteiger partial charge in [-0.15, -0.1) is 0 Å². The Hall–Kier alpha value is -1.44. The van der Waals surface area contributed by atoms with Crippen molar-refractivity contribution in [2.45, 2.75) is 76.0 Å². The molecule has 2 N–H and O–H groups in total. The van der Waals surface area contributed by atoms with E-state index in [0.717, 1.165) is 25.7 Å². The van der Waals surface area contributed by atoms with Crippen LogP contribution < -0.4 is 5.32 Å². The Balaban J connectivity index is 2.40. The van der Waals surface area contributed by atoms with Crippen LogP contribution in [0.15, 0.2) is 29.2 Å². The highest BCUT2D eigenvalue weighted by molar-refractivity contribution is 7.85. The van der Waals surface area contributed by atoms with Crippen LogP contribution in [0.4, 0.5) is 0 Å². The van der Waals surface area contributed by atoms with E-state index in [4.69, 9.17) is 16.2 Å². The van der Waals surface area contributed by atoms with Gasteiger partial charge in [-0.1, -0.05) is 58.1 Å². The second-order valence-corrected chi connectivity index (χ2v) is 9.23. The first kappa shape index (κ1) is 25.6. The molecule has 0 aromatic heterocycles. The van der Waals surface area contributed by atoms with Gasteiger partial charge < -0.3 is 5.32 Å². The van der Waals surface area contributed by atoms with E-state index in [2.05, 4.69) is 12.2 Å². The summed E-state index contributed by atoms with van der Waals surface area (Å²) >= 11 is 5.71. The van der Waals surface area contributed by atoms with Crippen molar-refractivity contribution in [3.8, 4) is 0 Å². The van der Waals surface area contributed by atoms with E-state index in [1.165, 1.54) is 37.1 Å². The molecule has 6 nitrogen and oxygen atoms in total. The number of unbranched alkanes of at least 4 members (excludes halogenated alkanes) is 4. The highest BCUT2D eigenvalue weighted by atomic mass is 35.5. The Labute approximate surface area is 179 Å². The fourth-order valence-electron chi connectivity index (χ4n) is 3.15. The molecule has 0 saturated heterocycles. The number of rotatable bonds is 14. The number of nitrogens with one attached hydrogen (secondary N) is 1. The maximum Gasteiger partial charge on any atom is 0.294 e. The van der Waals surface area contributed by atoms with E-state index in [-0.39, 0.29) is 16.7 Å². The maximum atomic E-state index is 12.1. The van der Waals surface area contributed by atoms with Crippen molar-refractivity contribution in [1.29, 1.82) is 0 Å². The number of amides is 1. The normalized spacial score (nSPS) is 13.7. The second-order valence-electron chi connectivity index (χ2n) is 7.44. The molecule has 0 radical (unpaired) electrons. The predicted octanol–water partition coefficient (Wildman–Crippen LogP) is 4.68. The van der Waals surface area contributed by atoms with E-state index >= 15 is 0 Å². The third-order valence-electron chi connectivity index (χ3n) is 5.01. The molecule has 1 aromatic rings. The molecule has 0 aliphatic carbocycles. The van der Waals surface area contributed by atoms with Crippen LogP contribution in [0.3, 0.4) is 0 Å². The molecule has 1 amide bonds. The number of benzene rings is 1. The van der Waals surface area contributed by atoms with Gasteiger partial charge in [-0.05, 0) is 48.6 Å². The maximum absolute atomic E-state index is 12.1. The Morgan fingerprint density at radius 1 is 1.03 bits per heavy atom. The molecular formula is C21H32ClNO5S. The van der Waals surface area contributed by atoms with Gasteiger partial charge in [0, 0.05) is 12.5 Å². The molecule has 29 heavy (non-hydrogen) atoms. The summed E-state index contributed by atoms with van der Waals surface area (Å²) in [6.45, 7) is 4.65. The van der Waals surface area contributed by atoms with E-state index in [9.17, 15) is 18.0 Å². The van der Waals surface area contributed by atoms with Crippen LogP contribution in [0.2, 0.25) is 0 Å². The summed E-state index contributed by atoms with van der Waals surface area (Å²) in [6, 6.07) is 5.46. The van der Waals surface area contributed by atoms with Crippen molar-refractivity contribution >= 4 is 32.9 Å². The smallest absolute Gasteiger partial charge is 0.294 e. The number of carbonyl (C=O) groups is 2. The molecule has 164 valence electrons. The van der Waals surface area contributed by atoms with Gasteiger partial charge in [-0.3, -0.25) is 14.1 Å². The van der Waals surface area contributed by atoms with Crippen LogP contribution in [0, 0.1) is 5.92 Å². The fraction of sp³-hybridized carbons (Fsp3) is 0.619. The lowest BCUT2D eigenvalue weighted by atomic mass is 9.94. The molecule has 0 aliphatic rings. The Morgan fingerprint density at radius 3 is 2.21 bits per heavy atom. The average molecular weight is 446 g/mol. The van der Waals surface area contributed by atoms with Gasteiger partial charge in [0.2, 0.25) is 11.1 Å². The minimum atomic E-state index is -4.27. The van der Waals surface area contributed by atoms with Crippen molar-refractivity contribution in [3.05, 3.63) is 29.8 Å². The van der Waals surface area contributed by atoms with E-state index in [0.29, 0.717) is 24.9 Å². The molecule has 1 aromatic carbocycles. The molecule has 0 spiro atoms. The molecule has 0 bridgehead atoms. The van der Waals surface area contributed by atoms with Crippen LogP contribution in [0.1, 0.15) is 76.7 Å². The summed E-state index contributed by atoms with van der Waals surface area (Å²) in [7, 11) is -4.27. The zero-order valence-electron chi connectivity index (χ0n) is 17.2. The number of halogens is 1. The molecular weight excluding hydrogens is 414 g/mol. The Morgan fingerprint density at radius 2 is 1.66 bits per heavy atom. The summed E-state index contributed by atoms with van der Waals surface area (Å²) < 4.78 is 31.2. The summed E-state index contributed by atoms with van der Waals surface area (Å²) in [5.41, 5.74) is 0.599. The lowest BCUT2D eigenvalue weighted by Gasteiger charge is -2.14. The predicted molar refractivity (Wildman–Crippen MR) is 115 cm³/mol. The SMILES string of the molecule is CCCCCCC(C)C(=O)NCCCCC(C(=O)Cl)c1ccc(S(=O)(=O)O)cc1. The van der Waals surface area contributed by atoms with E-state index < -0.39 is 21.3 Å². The molecule has 2 unspecified atom stereocenters. The first-order chi connectivity index (χ1) is 13.7. The molecule has 8 heteroatoms. The molecule has 0 saturated carbocycles. The van der Waals surface area contributed by atoms with Gasteiger partial charge in [0.25, 0.3) is 10.1 Å². The van der Waals surface area contributed by atoms with Crippen molar-refractivity contribution in [2.75, 3.05) is 6.54 Å². The first-order valence-corrected chi connectivity index (χ1v) is 12.0. The van der Waals surface area contributed by atoms with Crippen LogP contribution >= 0.6 is 11.6 Å². The van der Waals surface area contributed by atoms with Crippen LogP contribution in [0.5, 0.6) is 0 Å². The Bertz CT molecular complexity index is 749. The zero-order chi connectivity index (χ0) is 21.9. The van der Waals surface area contributed by atoms with Gasteiger partial charge in [0.05, 0.1) is 10.8 Å². The fourth-order valence-corrected chi connectivity index (χ4v) is 3.87. The molecule has 2 atom stereocenters. The van der Waals surface area contributed by atoms with Gasteiger partial charge in [-0.2, -0.15) is 8.42 Å². The summed E-state index contributed by atoms with van der Waals surface area (Å²) in [4.78, 5) is 23.6. The monoisotopic (exact) mass is 445 g/mol. The van der Waals surface area contributed by atoms with Crippen LogP contribution in [-0.4, -0.2) is 30.7 Å². The Kier molecular flexibility index (Phi) is 11.5. The summed E-state index contributed by atoms with van der Waals surface area (Å²) in [5, 5.41) is 2.42. The highest BCUT2D eigenvalue weighted by Crippen LogP contribution is 2.26. The summed E-state index contributed by atoms with van der Waals surface area (Å²) in [5.74, 6) is -0.488. The molecule has 0 fully saturated rings. The largest absolute Gasteiger partial charge is 0.356 e. The molecule has 1 rings (SSSR count). The number of hydrogen-bond acceptors (Lipinski definition) is 4. The lowest BCUT2D eigenvalue weighted by molar-refractivity contribution is -0.124. The van der Waals surface area contributed by atoms with Crippen molar-refractivity contribution in [1.82, 2.24) is 5.32 Å². The van der Waals surface area contributed by atoms with E-state index in [1.54, 1.807) is 0 Å². The minimum Gasteiger partial charge on any atom is -0.356 e. The van der Waals surface area contributed by atoms with Crippen LogP contribution in [0.25, 0.3) is 0 Å². The quantitative estimate of drug-likeness (QED) is 0.246. The first-order valence-electron chi connectivity index (χ1n) is 10.2. The number of carbonyl (C=O) groups excluding carboxylic acids is 2. The lowest BCUT2D eigenvalue weighted by Crippen LogP contribution is -2.30. The second kappa shape index (κ2) is 13.0. The summed E-state index contributed by atoms with van der Waals surface area (Å²) in [6.07, 6.45) is 7.41. The molecule has 0 aliphatic heterocycles. The standard InChI is InChI=1S/C21H32ClNO5S/c1-3-4-5-6-9-16(2)21(25)23-15-8-7-10-19(20(22)24)17-11-13-18(14-12-17)29(26,27)28/h11-14,16,19H,3-10,15H2,1-2H3,(H,23,25)(H,26,27,28). The van der Waals surface area contributed by atoms with Crippen LogP contribution in [-0.2, 0) is 19.7 Å². The van der Waals surface area contributed by atoms with Gasteiger partial charge in [0.1, 0.15) is 0 Å². The van der Waals surface area contributed by atoms with Gasteiger partial charge in [-0.25, -0.2) is 0 Å².